The van der Waals surface area contributed by atoms with E-state index in [0.717, 1.165) is 11.3 Å². The molecule has 30 heavy (non-hydrogen) atoms. The molecule has 0 aliphatic carbocycles. The van der Waals surface area contributed by atoms with Crippen molar-refractivity contribution in [2.45, 2.75) is 33.4 Å². The van der Waals surface area contributed by atoms with Crippen molar-refractivity contribution in [1.82, 2.24) is 5.32 Å². The third-order valence-corrected chi connectivity index (χ3v) is 6.80. The van der Waals surface area contributed by atoms with E-state index >= 15 is 0 Å². The zero-order valence-electron chi connectivity index (χ0n) is 16.8. The lowest BCUT2D eigenvalue weighted by molar-refractivity contribution is -0.135. The van der Waals surface area contributed by atoms with Crippen LogP contribution in [0.15, 0.2) is 39.3 Å². The maximum atomic E-state index is 12.1. The molecule has 2 aromatic rings. The zero-order chi connectivity index (χ0) is 22.4. The van der Waals surface area contributed by atoms with Crippen LogP contribution in [-0.4, -0.2) is 29.6 Å². The Morgan fingerprint density at radius 2 is 1.83 bits per heavy atom. The third kappa shape index (κ3) is 6.89. The summed E-state index contributed by atoms with van der Waals surface area (Å²) >= 11 is 13.0. The van der Waals surface area contributed by atoms with Gasteiger partial charge in [-0.05, 0) is 80.6 Å². The van der Waals surface area contributed by atoms with Crippen LogP contribution in [0, 0.1) is 5.92 Å². The smallest absolute Gasteiger partial charge is 0.322 e. The summed E-state index contributed by atoms with van der Waals surface area (Å²) in [6.07, 6.45) is 0. The first-order chi connectivity index (χ1) is 14.1. The lowest BCUT2D eigenvalue weighted by Crippen LogP contribution is -2.29. The van der Waals surface area contributed by atoms with Crippen LogP contribution >= 0.6 is 43.5 Å². The second-order valence-electron chi connectivity index (χ2n) is 7.13. The Morgan fingerprint density at radius 3 is 2.47 bits per heavy atom. The fourth-order valence-electron chi connectivity index (χ4n) is 2.48. The molecule has 0 saturated carbocycles. The Balaban J connectivity index is 2.12. The molecule has 2 aromatic carbocycles. The molecule has 0 fully saturated rings. The van der Waals surface area contributed by atoms with E-state index in [2.05, 4.69) is 63.3 Å². The quantitative estimate of drug-likeness (QED) is 0.364. The molecule has 0 spiro atoms. The highest BCUT2D eigenvalue weighted by atomic mass is 79.9. The number of halogens is 3. The number of carbonyl (C=O) groups is 2. The number of amides is 1. The van der Waals surface area contributed by atoms with E-state index in [0.29, 0.717) is 37.2 Å². The van der Waals surface area contributed by atoms with Crippen molar-refractivity contribution in [3.63, 3.8) is 0 Å². The Morgan fingerprint density at radius 1 is 1.13 bits per heavy atom. The standard InChI is InChI=1S/C21H23Br2ClN2O4/c1-11(2)12(3)26-15-7-13(6-14(24)8-15)10-30-17-5-4-16(19(22)20(17)23)21(29)25-9-18(27)28/h4-8,11-12,26H,9-10H2,1-3H3,(H,25,29)(H,27,28). The molecule has 9 heteroatoms. The number of nitrogens with one attached hydrogen (secondary N) is 2. The van der Waals surface area contributed by atoms with Gasteiger partial charge in [-0.3, -0.25) is 9.59 Å². The maximum Gasteiger partial charge on any atom is 0.322 e. The normalized spacial score (nSPS) is 11.8. The van der Waals surface area contributed by atoms with Crippen LogP contribution in [-0.2, 0) is 11.4 Å². The molecule has 6 nitrogen and oxygen atoms in total. The second kappa shape index (κ2) is 11.0. The minimum Gasteiger partial charge on any atom is -0.488 e. The molecular weight excluding hydrogens is 540 g/mol. The van der Waals surface area contributed by atoms with Gasteiger partial charge in [0.15, 0.2) is 0 Å². The Labute approximate surface area is 197 Å². The summed E-state index contributed by atoms with van der Waals surface area (Å²) in [4.78, 5) is 22.8. The number of carbonyl (C=O) groups excluding carboxylic acids is 1. The van der Waals surface area contributed by atoms with E-state index in [4.69, 9.17) is 21.4 Å². The number of carboxylic acid groups (broad SMARTS) is 1. The third-order valence-electron chi connectivity index (χ3n) is 4.44. The van der Waals surface area contributed by atoms with Gasteiger partial charge in [0, 0.05) is 21.2 Å². The number of aliphatic carboxylic acids is 1. The lowest BCUT2D eigenvalue weighted by atomic mass is 10.1. The minimum atomic E-state index is -1.11. The largest absolute Gasteiger partial charge is 0.488 e. The number of hydrogen-bond acceptors (Lipinski definition) is 4. The van der Waals surface area contributed by atoms with Gasteiger partial charge in [0.2, 0.25) is 0 Å². The predicted octanol–water partition coefficient (Wildman–Crippen LogP) is 5.71. The molecule has 1 amide bonds. The predicted molar refractivity (Wildman–Crippen MR) is 126 cm³/mol. The molecule has 0 bridgehead atoms. The molecule has 1 atom stereocenters. The highest BCUT2D eigenvalue weighted by molar-refractivity contribution is 9.13. The molecular formula is C21H23Br2ClN2O4. The molecule has 0 aliphatic rings. The van der Waals surface area contributed by atoms with E-state index < -0.39 is 18.4 Å². The van der Waals surface area contributed by atoms with Crippen molar-refractivity contribution in [3.05, 3.63) is 55.4 Å². The topological polar surface area (TPSA) is 87.7 Å². The SMILES string of the molecule is CC(C)C(C)Nc1cc(Cl)cc(COc2ccc(C(=O)NCC(=O)O)c(Br)c2Br)c1. The van der Waals surface area contributed by atoms with Crippen molar-refractivity contribution in [3.8, 4) is 5.75 Å². The number of anilines is 1. The van der Waals surface area contributed by atoms with Crippen molar-refractivity contribution in [1.29, 1.82) is 0 Å². The first-order valence-corrected chi connectivity index (χ1v) is 11.2. The minimum absolute atomic E-state index is 0.279. The molecule has 0 heterocycles. The zero-order valence-corrected chi connectivity index (χ0v) is 20.7. The fourth-order valence-corrected chi connectivity index (χ4v) is 3.70. The van der Waals surface area contributed by atoms with Gasteiger partial charge >= 0.3 is 5.97 Å². The van der Waals surface area contributed by atoms with Crippen LogP contribution in [0.25, 0.3) is 0 Å². The van der Waals surface area contributed by atoms with Gasteiger partial charge in [-0.25, -0.2) is 0 Å². The number of ether oxygens (including phenoxy) is 1. The van der Waals surface area contributed by atoms with Gasteiger partial charge in [-0.1, -0.05) is 25.4 Å². The summed E-state index contributed by atoms with van der Waals surface area (Å²) in [5.74, 6) is -0.608. The highest BCUT2D eigenvalue weighted by Crippen LogP contribution is 2.36. The molecule has 0 saturated heterocycles. The van der Waals surface area contributed by atoms with Crippen molar-refractivity contribution in [2.24, 2.45) is 5.92 Å². The van der Waals surface area contributed by atoms with E-state index in [1.165, 1.54) is 0 Å². The monoisotopic (exact) mass is 560 g/mol. The second-order valence-corrected chi connectivity index (χ2v) is 9.15. The van der Waals surface area contributed by atoms with Crippen LogP contribution in [0.5, 0.6) is 5.75 Å². The van der Waals surface area contributed by atoms with Gasteiger partial charge in [0.25, 0.3) is 5.91 Å². The molecule has 3 N–H and O–H groups in total. The first kappa shape index (κ1) is 24.5. The van der Waals surface area contributed by atoms with Crippen molar-refractivity contribution >= 4 is 61.0 Å². The van der Waals surface area contributed by atoms with Crippen LogP contribution in [0.3, 0.4) is 0 Å². The van der Waals surface area contributed by atoms with E-state index in [1.807, 2.05) is 18.2 Å². The molecule has 0 radical (unpaired) electrons. The summed E-state index contributed by atoms with van der Waals surface area (Å²) in [5.41, 5.74) is 2.12. The number of carboxylic acids is 1. The van der Waals surface area contributed by atoms with Crippen molar-refractivity contribution in [2.75, 3.05) is 11.9 Å². The molecule has 0 aromatic heterocycles. The van der Waals surface area contributed by atoms with Crippen LogP contribution in [0.1, 0.15) is 36.7 Å². The summed E-state index contributed by atoms with van der Waals surface area (Å²) in [6, 6.07) is 9.21. The highest BCUT2D eigenvalue weighted by Gasteiger charge is 2.17. The van der Waals surface area contributed by atoms with Crippen LogP contribution < -0.4 is 15.4 Å². The average molecular weight is 563 g/mol. The van der Waals surface area contributed by atoms with Gasteiger partial charge < -0.3 is 20.5 Å². The molecule has 0 aliphatic heterocycles. The number of benzene rings is 2. The number of rotatable bonds is 9. The average Bonchev–Trinajstić information content (AvgIpc) is 2.66. The summed E-state index contributed by atoms with van der Waals surface area (Å²) in [6.45, 7) is 6.23. The van der Waals surface area contributed by atoms with Gasteiger partial charge in [0.1, 0.15) is 18.9 Å². The van der Waals surface area contributed by atoms with Crippen molar-refractivity contribution < 1.29 is 19.4 Å². The molecule has 2 rings (SSSR count). The summed E-state index contributed by atoms with van der Waals surface area (Å²) in [7, 11) is 0. The molecule has 1 unspecified atom stereocenters. The maximum absolute atomic E-state index is 12.1. The Bertz CT molecular complexity index is 937. The fraction of sp³-hybridized carbons (Fsp3) is 0.333. The summed E-state index contributed by atoms with van der Waals surface area (Å²) < 4.78 is 6.94. The summed E-state index contributed by atoms with van der Waals surface area (Å²) in [5, 5.41) is 15.1. The van der Waals surface area contributed by atoms with E-state index in [-0.39, 0.29) is 6.61 Å². The van der Waals surface area contributed by atoms with Crippen LogP contribution in [0.2, 0.25) is 5.02 Å². The van der Waals surface area contributed by atoms with E-state index in [9.17, 15) is 9.59 Å². The van der Waals surface area contributed by atoms with E-state index in [1.54, 1.807) is 12.1 Å². The number of hydrogen-bond donors (Lipinski definition) is 3. The Hall–Kier alpha value is -1.77. The lowest BCUT2D eigenvalue weighted by Gasteiger charge is -2.20. The Kier molecular flexibility index (Phi) is 9.00. The van der Waals surface area contributed by atoms with Gasteiger partial charge in [-0.15, -0.1) is 0 Å². The van der Waals surface area contributed by atoms with Gasteiger partial charge in [-0.2, -0.15) is 0 Å². The molecule has 162 valence electrons. The van der Waals surface area contributed by atoms with Gasteiger partial charge in [0.05, 0.1) is 10.0 Å². The van der Waals surface area contributed by atoms with Crippen LogP contribution in [0.4, 0.5) is 5.69 Å². The first-order valence-electron chi connectivity index (χ1n) is 9.25.